The average molecular weight is 370 g/mol. The predicted molar refractivity (Wildman–Crippen MR) is 105 cm³/mol. The Morgan fingerprint density at radius 3 is 1.08 bits per heavy atom. The van der Waals surface area contributed by atoms with E-state index in [2.05, 4.69) is 4.74 Å². The number of rotatable bonds is 20. The number of unbranched alkanes of at least 4 members (excludes halogenated alkanes) is 16. The number of aliphatic carboxylic acids is 1. The van der Waals surface area contributed by atoms with Crippen LogP contribution in [0.25, 0.3) is 0 Å². The molecule has 0 radical (unpaired) electrons. The fourth-order valence-corrected chi connectivity index (χ4v) is 3.29. The fraction of sp³-hybridized carbons (Fsp3) is 0.909. The van der Waals surface area contributed by atoms with Crippen molar-refractivity contribution in [1.82, 2.24) is 0 Å². The number of carboxylic acids is 1. The second-order valence-electron chi connectivity index (χ2n) is 7.46. The van der Waals surface area contributed by atoms with Crippen LogP contribution in [-0.2, 0) is 14.3 Å². The molecule has 0 rings (SSSR count). The van der Waals surface area contributed by atoms with Gasteiger partial charge in [0.25, 0.3) is 0 Å². The Morgan fingerprint density at radius 1 is 0.538 bits per heavy atom. The van der Waals surface area contributed by atoms with Gasteiger partial charge in [0, 0.05) is 12.4 Å². The minimum Gasteiger partial charge on any atom is -0.550 e. The van der Waals surface area contributed by atoms with Gasteiger partial charge in [0.15, 0.2) is 0 Å². The zero-order chi connectivity index (χ0) is 19.3. The summed E-state index contributed by atoms with van der Waals surface area (Å²) < 4.78 is 4.63. The minimum atomic E-state index is -0.916. The quantitative estimate of drug-likeness (QED) is 0.215. The van der Waals surface area contributed by atoms with Gasteiger partial charge in [-0.3, -0.25) is 4.79 Å². The number of carbonyl (C=O) groups is 2. The summed E-state index contributed by atoms with van der Waals surface area (Å²) in [6, 6.07) is 0. The topological polar surface area (TPSA) is 66.4 Å². The number of methoxy groups -OCH3 is 1. The van der Waals surface area contributed by atoms with Crippen molar-refractivity contribution in [2.45, 2.75) is 122 Å². The number of carbonyl (C=O) groups excluding carboxylic acids is 2. The van der Waals surface area contributed by atoms with Crippen LogP contribution >= 0.6 is 0 Å². The molecule has 4 nitrogen and oxygen atoms in total. The van der Waals surface area contributed by atoms with Crippen LogP contribution in [0.2, 0.25) is 0 Å². The van der Waals surface area contributed by atoms with Crippen LogP contribution in [0.5, 0.6) is 0 Å². The Balaban J connectivity index is 3.03. The number of ether oxygens (including phenoxy) is 1. The van der Waals surface area contributed by atoms with Gasteiger partial charge in [0.2, 0.25) is 0 Å². The van der Waals surface area contributed by atoms with Gasteiger partial charge in [-0.05, 0) is 19.3 Å². The number of hydrogen-bond donors (Lipinski definition) is 0. The normalized spacial score (nSPS) is 10.8. The minimum absolute atomic E-state index is 0.0847. The van der Waals surface area contributed by atoms with E-state index in [1.165, 1.54) is 84.2 Å². The summed E-state index contributed by atoms with van der Waals surface area (Å²) in [6.45, 7) is 0. The zero-order valence-electron chi connectivity index (χ0n) is 17.1. The van der Waals surface area contributed by atoms with Crippen LogP contribution in [0.3, 0.4) is 0 Å². The molecular weight excluding hydrogens is 328 g/mol. The summed E-state index contributed by atoms with van der Waals surface area (Å²) in [7, 11) is 1.45. The Kier molecular flexibility index (Phi) is 19.4. The van der Waals surface area contributed by atoms with Crippen molar-refractivity contribution in [3.05, 3.63) is 0 Å². The molecule has 0 saturated carbocycles. The van der Waals surface area contributed by atoms with Crippen LogP contribution in [0.15, 0.2) is 0 Å². The maximum Gasteiger partial charge on any atom is 0.305 e. The molecule has 0 N–H and O–H groups in total. The van der Waals surface area contributed by atoms with Gasteiger partial charge < -0.3 is 14.6 Å². The third-order valence-corrected chi connectivity index (χ3v) is 4.99. The van der Waals surface area contributed by atoms with Crippen LogP contribution in [0.1, 0.15) is 122 Å². The third kappa shape index (κ3) is 21.0. The van der Waals surface area contributed by atoms with Crippen molar-refractivity contribution >= 4 is 11.9 Å². The van der Waals surface area contributed by atoms with E-state index in [0.717, 1.165) is 32.1 Å². The molecule has 0 amide bonds. The lowest BCUT2D eigenvalue weighted by atomic mass is 10.0. The molecule has 0 aromatic heterocycles. The van der Waals surface area contributed by atoms with E-state index in [0.29, 0.717) is 6.42 Å². The summed E-state index contributed by atoms with van der Waals surface area (Å²) in [5.74, 6) is -1.00. The molecule has 0 aromatic carbocycles. The molecule has 0 saturated heterocycles. The van der Waals surface area contributed by atoms with Crippen molar-refractivity contribution in [3.63, 3.8) is 0 Å². The van der Waals surface area contributed by atoms with Crippen molar-refractivity contribution in [2.75, 3.05) is 7.11 Å². The van der Waals surface area contributed by atoms with Crippen LogP contribution < -0.4 is 5.11 Å². The van der Waals surface area contributed by atoms with Crippen LogP contribution in [0, 0.1) is 0 Å². The first-order valence-corrected chi connectivity index (χ1v) is 10.9. The van der Waals surface area contributed by atoms with E-state index >= 15 is 0 Å². The number of esters is 1. The highest BCUT2D eigenvalue weighted by atomic mass is 16.5. The standard InChI is InChI=1S/C22H42O4/c1-26-22(25)20-18-16-14-12-10-8-6-4-2-3-5-7-9-11-13-15-17-19-21(23)24/h2-20H2,1H3,(H,23,24)/p-1. The number of hydrogen-bond acceptors (Lipinski definition) is 4. The molecule has 0 aliphatic rings. The van der Waals surface area contributed by atoms with E-state index in [4.69, 9.17) is 0 Å². The largest absolute Gasteiger partial charge is 0.550 e. The van der Waals surface area contributed by atoms with E-state index in [1.54, 1.807) is 0 Å². The Bertz CT molecular complexity index is 328. The summed E-state index contributed by atoms with van der Waals surface area (Å²) in [6.07, 6.45) is 21.7. The van der Waals surface area contributed by atoms with E-state index in [9.17, 15) is 14.7 Å². The van der Waals surface area contributed by atoms with Gasteiger partial charge in [-0.1, -0.05) is 96.3 Å². The molecule has 0 aliphatic carbocycles. The molecule has 0 aliphatic heterocycles. The fourth-order valence-electron chi connectivity index (χ4n) is 3.29. The molecule has 0 unspecified atom stereocenters. The molecule has 26 heavy (non-hydrogen) atoms. The predicted octanol–water partition coefficient (Wildman–Crippen LogP) is 5.32. The lowest BCUT2D eigenvalue weighted by molar-refractivity contribution is -0.305. The molecule has 0 fully saturated rings. The lowest BCUT2D eigenvalue weighted by Gasteiger charge is -2.04. The third-order valence-electron chi connectivity index (χ3n) is 4.99. The summed E-state index contributed by atoms with van der Waals surface area (Å²) in [4.78, 5) is 21.2. The maximum atomic E-state index is 11.0. The van der Waals surface area contributed by atoms with Gasteiger partial charge in [-0.15, -0.1) is 0 Å². The molecule has 0 heterocycles. The smallest absolute Gasteiger partial charge is 0.305 e. The molecule has 0 spiro atoms. The monoisotopic (exact) mass is 369 g/mol. The zero-order valence-corrected chi connectivity index (χ0v) is 17.1. The van der Waals surface area contributed by atoms with Crippen molar-refractivity contribution in [3.8, 4) is 0 Å². The highest BCUT2D eigenvalue weighted by Crippen LogP contribution is 2.14. The summed E-state index contributed by atoms with van der Waals surface area (Å²) in [5.41, 5.74) is 0. The Hall–Kier alpha value is -1.06. The first kappa shape index (κ1) is 24.9. The summed E-state index contributed by atoms with van der Waals surface area (Å²) in [5, 5.41) is 10.3. The van der Waals surface area contributed by atoms with Gasteiger partial charge in [-0.25, -0.2) is 0 Å². The van der Waals surface area contributed by atoms with Gasteiger partial charge in [0.1, 0.15) is 0 Å². The summed E-state index contributed by atoms with van der Waals surface area (Å²) >= 11 is 0. The van der Waals surface area contributed by atoms with Crippen LogP contribution in [0.4, 0.5) is 0 Å². The molecule has 4 heteroatoms. The van der Waals surface area contributed by atoms with E-state index in [-0.39, 0.29) is 12.4 Å². The Morgan fingerprint density at radius 2 is 0.808 bits per heavy atom. The highest BCUT2D eigenvalue weighted by Gasteiger charge is 1.99. The van der Waals surface area contributed by atoms with E-state index in [1.807, 2.05) is 0 Å². The molecule has 0 aromatic rings. The van der Waals surface area contributed by atoms with Gasteiger partial charge >= 0.3 is 5.97 Å². The second kappa shape index (κ2) is 20.3. The van der Waals surface area contributed by atoms with Crippen molar-refractivity contribution < 1.29 is 19.4 Å². The Labute approximate surface area is 161 Å². The van der Waals surface area contributed by atoms with Crippen LogP contribution in [-0.4, -0.2) is 19.0 Å². The van der Waals surface area contributed by atoms with Crippen molar-refractivity contribution in [1.29, 1.82) is 0 Å². The average Bonchev–Trinajstić information content (AvgIpc) is 2.63. The SMILES string of the molecule is COC(=O)CCCCCCCCCCCCCCCCCCCC(=O)[O-]. The van der Waals surface area contributed by atoms with Gasteiger partial charge in [0.05, 0.1) is 7.11 Å². The molecule has 0 atom stereocenters. The maximum absolute atomic E-state index is 11.0. The first-order chi connectivity index (χ1) is 12.7. The van der Waals surface area contributed by atoms with Crippen molar-refractivity contribution in [2.24, 2.45) is 0 Å². The highest BCUT2D eigenvalue weighted by molar-refractivity contribution is 5.68. The molecule has 0 bridgehead atoms. The molecular formula is C22H41O4-. The van der Waals surface area contributed by atoms with Gasteiger partial charge in [-0.2, -0.15) is 0 Å². The van der Waals surface area contributed by atoms with E-state index < -0.39 is 5.97 Å². The lowest BCUT2D eigenvalue weighted by Crippen LogP contribution is -2.21. The first-order valence-electron chi connectivity index (χ1n) is 10.9. The molecule has 154 valence electrons. The number of carboxylic acid groups (broad SMARTS) is 1. The second-order valence-corrected chi connectivity index (χ2v) is 7.46.